The zero-order chi connectivity index (χ0) is 18.6. The summed E-state index contributed by atoms with van der Waals surface area (Å²) in [4.78, 5) is 2.32. The van der Waals surface area contributed by atoms with Gasteiger partial charge in [-0.3, -0.25) is 4.90 Å². The summed E-state index contributed by atoms with van der Waals surface area (Å²) in [5.74, 6) is 0.399. The molecule has 0 radical (unpaired) electrons. The lowest BCUT2D eigenvalue weighted by Gasteiger charge is -2.33. The van der Waals surface area contributed by atoms with Crippen LogP contribution in [0.1, 0.15) is 5.56 Å². The van der Waals surface area contributed by atoms with E-state index in [1.54, 1.807) is 0 Å². The van der Waals surface area contributed by atoms with E-state index in [4.69, 9.17) is 4.74 Å². The first-order valence-corrected chi connectivity index (χ1v) is 10.1. The lowest BCUT2D eigenvalue weighted by Crippen LogP contribution is -2.49. The molecule has 0 saturated carbocycles. The molecule has 0 N–H and O–H groups in total. The number of piperazine rings is 1. The fourth-order valence-corrected chi connectivity index (χ4v) is 4.30. The molecule has 0 aliphatic carbocycles. The summed E-state index contributed by atoms with van der Waals surface area (Å²) in [5, 5.41) is 0. The molecule has 1 heterocycles. The Morgan fingerprint density at radius 1 is 0.962 bits per heavy atom. The summed E-state index contributed by atoms with van der Waals surface area (Å²) in [5.41, 5.74) is 1.19. The highest BCUT2D eigenvalue weighted by Gasteiger charge is 2.28. The van der Waals surface area contributed by atoms with Crippen molar-refractivity contribution in [2.45, 2.75) is 11.8 Å². The number of hydrogen-bond acceptors (Lipinski definition) is 4. The Morgan fingerprint density at radius 2 is 1.58 bits per heavy atom. The van der Waals surface area contributed by atoms with Gasteiger partial charge in [0.2, 0.25) is 10.0 Å². The minimum atomic E-state index is -3.56. The van der Waals surface area contributed by atoms with Crippen molar-refractivity contribution in [3.05, 3.63) is 59.9 Å². The Hall–Kier alpha value is -1.96. The van der Waals surface area contributed by atoms with Crippen LogP contribution < -0.4 is 4.74 Å². The van der Waals surface area contributed by atoms with Crippen LogP contribution in [0.25, 0.3) is 0 Å². The smallest absolute Gasteiger partial charge is 0.243 e. The van der Waals surface area contributed by atoms with Crippen molar-refractivity contribution in [1.82, 2.24) is 9.21 Å². The van der Waals surface area contributed by atoms with E-state index in [9.17, 15) is 12.8 Å². The number of nitrogens with zero attached hydrogens (tertiary/aromatic N) is 2. The maximum absolute atomic E-state index is 13.0. The molecule has 2 aromatic rings. The molecule has 1 saturated heterocycles. The van der Waals surface area contributed by atoms with E-state index in [-0.39, 0.29) is 4.90 Å². The zero-order valence-electron chi connectivity index (χ0n) is 14.8. The van der Waals surface area contributed by atoms with E-state index in [1.807, 2.05) is 31.2 Å². The highest BCUT2D eigenvalue weighted by molar-refractivity contribution is 7.89. The van der Waals surface area contributed by atoms with E-state index in [0.717, 1.165) is 12.3 Å². The maximum atomic E-state index is 13.0. The van der Waals surface area contributed by atoms with Crippen LogP contribution in [-0.4, -0.2) is 57.0 Å². The monoisotopic (exact) mass is 378 g/mol. The molecular formula is C19H23FN2O3S. The Bertz CT molecular complexity index is 815. The molecule has 0 spiro atoms. The van der Waals surface area contributed by atoms with Crippen LogP contribution in [0.4, 0.5) is 4.39 Å². The SMILES string of the molecule is Cc1ccc(OCCN2CCN(S(=O)(=O)c3ccc(F)cc3)CC2)cc1. The molecule has 0 amide bonds. The average Bonchev–Trinajstić information content (AvgIpc) is 2.64. The van der Waals surface area contributed by atoms with Crippen LogP contribution in [0.5, 0.6) is 5.75 Å². The number of ether oxygens (including phenoxy) is 1. The molecule has 7 heteroatoms. The molecule has 1 fully saturated rings. The molecule has 3 rings (SSSR count). The van der Waals surface area contributed by atoms with E-state index in [0.29, 0.717) is 32.8 Å². The number of halogens is 1. The van der Waals surface area contributed by atoms with Gasteiger partial charge in [0.25, 0.3) is 0 Å². The van der Waals surface area contributed by atoms with Crippen LogP contribution >= 0.6 is 0 Å². The maximum Gasteiger partial charge on any atom is 0.243 e. The lowest BCUT2D eigenvalue weighted by atomic mass is 10.2. The van der Waals surface area contributed by atoms with Crippen molar-refractivity contribution in [2.75, 3.05) is 39.3 Å². The average molecular weight is 378 g/mol. The van der Waals surface area contributed by atoms with Crippen LogP contribution in [0.2, 0.25) is 0 Å². The van der Waals surface area contributed by atoms with Crippen molar-refractivity contribution in [3.63, 3.8) is 0 Å². The van der Waals surface area contributed by atoms with Crippen LogP contribution in [0.3, 0.4) is 0 Å². The Kier molecular flexibility index (Phi) is 5.90. The van der Waals surface area contributed by atoms with Gasteiger partial charge in [-0.2, -0.15) is 4.31 Å². The van der Waals surface area contributed by atoms with E-state index in [2.05, 4.69) is 4.90 Å². The van der Waals surface area contributed by atoms with Gasteiger partial charge in [0.15, 0.2) is 0 Å². The zero-order valence-corrected chi connectivity index (χ0v) is 15.6. The van der Waals surface area contributed by atoms with Gasteiger partial charge in [-0.1, -0.05) is 17.7 Å². The Balaban J connectivity index is 1.47. The topological polar surface area (TPSA) is 49.9 Å². The fraction of sp³-hybridized carbons (Fsp3) is 0.368. The number of sulfonamides is 1. The molecule has 1 aliphatic heterocycles. The van der Waals surface area contributed by atoms with Crippen molar-refractivity contribution in [1.29, 1.82) is 0 Å². The first-order valence-electron chi connectivity index (χ1n) is 8.63. The molecule has 0 bridgehead atoms. The van der Waals surface area contributed by atoms with Gasteiger partial charge in [0.1, 0.15) is 18.2 Å². The third kappa shape index (κ3) is 4.60. The lowest BCUT2D eigenvalue weighted by molar-refractivity contribution is 0.159. The third-order valence-electron chi connectivity index (χ3n) is 4.48. The predicted octanol–water partition coefficient (Wildman–Crippen LogP) is 2.52. The molecule has 0 unspecified atom stereocenters. The van der Waals surface area contributed by atoms with Gasteiger partial charge >= 0.3 is 0 Å². The van der Waals surface area contributed by atoms with E-state index in [1.165, 1.54) is 34.1 Å². The van der Waals surface area contributed by atoms with Crippen LogP contribution in [0, 0.1) is 12.7 Å². The highest BCUT2D eigenvalue weighted by Crippen LogP contribution is 2.18. The second-order valence-corrected chi connectivity index (χ2v) is 8.30. The normalized spacial score (nSPS) is 16.5. The van der Waals surface area contributed by atoms with Crippen molar-refractivity contribution in [3.8, 4) is 5.75 Å². The fourth-order valence-electron chi connectivity index (χ4n) is 2.88. The van der Waals surface area contributed by atoms with Crippen molar-refractivity contribution >= 4 is 10.0 Å². The predicted molar refractivity (Wildman–Crippen MR) is 98.3 cm³/mol. The van der Waals surface area contributed by atoms with Gasteiger partial charge < -0.3 is 4.74 Å². The van der Waals surface area contributed by atoms with Gasteiger partial charge in [-0.15, -0.1) is 0 Å². The van der Waals surface area contributed by atoms with Gasteiger partial charge in [-0.05, 0) is 43.3 Å². The van der Waals surface area contributed by atoms with Crippen molar-refractivity contribution in [2.24, 2.45) is 0 Å². The summed E-state index contributed by atoms with van der Waals surface area (Å²) >= 11 is 0. The number of benzene rings is 2. The minimum absolute atomic E-state index is 0.134. The Morgan fingerprint density at radius 3 is 2.19 bits per heavy atom. The summed E-state index contributed by atoms with van der Waals surface area (Å²) in [6.07, 6.45) is 0. The first-order chi connectivity index (χ1) is 12.4. The molecular weight excluding hydrogens is 355 g/mol. The van der Waals surface area contributed by atoms with Gasteiger partial charge in [0.05, 0.1) is 4.90 Å². The van der Waals surface area contributed by atoms with Gasteiger partial charge in [-0.25, -0.2) is 12.8 Å². The molecule has 26 heavy (non-hydrogen) atoms. The second kappa shape index (κ2) is 8.16. The quantitative estimate of drug-likeness (QED) is 0.775. The minimum Gasteiger partial charge on any atom is -0.492 e. The Labute approximate surface area is 154 Å². The number of rotatable bonds is 6. The number of aryl methyl sites for hydroxylation is 1. The largest absolute Gasteiger partial charge is 0.492 e. The summed E-state index contributed by atoms with van der Waals surface area (Å²) in [6.45, 7) is 5.49. The molecule has 2 aromatic carbocycles. The number of hydrogen-bond donors (Lipinski definition) is 0. The standard InChI is InChI=1S/C19H23FN2O3S/c1-16-2-6-18(7-3-16)25-15-14-21-10-12-22(13-11-21)26(23,24)19-8-4-17(20)5-9-19/h2-9H,10-15H2,1H3. The first kappa shape index (κ1) is 18.8. The molecule has 0 atom stereocenters. The van der Waals surface area contributed by atoms with E-state index >= 15 is 0 Å². The molecule has 1 aliphatic rings. The summed E-state index contributed by atoms with van der Waals surface area (Å²) < 4.78 is 45.4. The second-order valence-electron chi connectivity index (χ2n) is 6.36. The third-order valence-corrected chi connectivity index (χ3v) is 6.39. The summed E-state index contributed by atoms with van der Waals surface area (Å²) in [7, 11) is -3.56. The van der Waals surface area contributed by atoms with Gasteiger partial charge in [0, 0.05) is 32.7 Å². The van der Waals surface area contributed by atoms with Crippen LogP contribution in [0.15, 0.2) is 53.4 Å². The molecule has 140 valence electrons. The van der Waals surface area contributed by atoms with E-state index < -0.39 is 15.8 Å². The van der Waals surface area contributed by atoms with Crippen LogP contribution in [-0.2, 0) is 10.0 Å². The highest BCUT2D eigenvalue weighted by atomic mass is 32.2. The van der Waals surface area contributed by atoms with Crippen molar-refractivity contribution < 1.29 is 17.5 Å². The molecule has 0 aromatic heterocycles. The molecule has 5 nitrogen and oxygen atoms in total. The summed E-state index contributed by atoms with van der Waals surface area (Å²) in [6, 6.07) is 12.9.